The maximum Gasteiger partial charge on any atom is 0.330 e. The molecule has 0 aliphatic carbocycles. The van der Waals surface area contributed by atoms with E-state index in [4.69, 9.17) is 4.74 Å². The van der Waals surface area contributed by atoms with Crippen molar-refractivity contribution in [2.75, 3.05) is 6.61 Å². The van der Waals surface area contributed by atoms with Crippen LogP contribution in [0.25, 0.3) is 0 Å². The lowest BCUT2D eigenvalue weighted by Gasteiger charge is -1.98. The van der Waals surface area contributed by atoms with E-state index < -0.39 is 0 Å². The minimum Gasteiger partial charge on any atom is -0.463 e. The van der Waals surface area contributed by atoms with E-state index >= 15 is 0 Å². The molecule has 2 nitrogen and oxygen atoms in total. The SMILES string of the molecule is CCC/C=C/C(=O)OCCCC. The first-order valence-electron chi connectivity index (χ1n) is 4.64. The highest BCUT2D eigenvalue weighted by Gasteiger charge is 1.93. The molecule has 0 saturated carbocycles. The van der Waals surface area contributed by atoms with E-state index in [1.165, 1.54) is 6.08 Å². The smallest absolute Gasteiger partial charge is 0.330 e. The lowest BCUT2D eigenvalue weighted by Crippen LogP contribution is -2.01. The Balaban J connectivity index is 3.33. The molecule has 0 aromatic carbocycles. The topological polar surface area (TPSA) is 26.3 Å². The molecule has 0 N–H and O–H groups in total. The number of hydrogen-bond acceptors (Lipinski definition) is 2. The minimum atomic E-state index is -0.211. The number of carbonyl (C=O) groups is 1. The molecule has 0 bridgehead atoms. The van der Waals surface area contributed by atoms with Crippen LogP contribution in [-0.4, -0.2) is 12.6 Å². The van der Waals surface area contributed by atoms with Gasteiger partial charge >= 0.3 is 5.97 Å². The van der Waals surface area contributed by atoms with E-state index in [2.05, 4.69) is 13.8 Å². The molecule has 0 unspecified atom stereocenters. The van der Waals surface area contributed by atoms with Crippen LogP contribution in [0.1, 0.15) is 39.5 Å². The molecule has 0 amide bonds. The fraction of sp³-hybridized carbons (Fsp3) is 0.700. The van der Waals surface area contributed by atoms with Crippen molar-refractivity contribution in [2.45, 2.75) is 39.5 Å². The molecule has 0 fully saturated rings. The average Bonchev–Trinajstić information content (AvgIpc) is 2.06. The average molecular weight is 170 g/mol. The first-order chi connectivity index (χ1) is 5.81. The third-order valence-electron chi connectivity index (χ3n) is 1.45. The molecule has 12 heavy (non-hydrogen) atoms. The molecule has 0 radical (unpaired) electrons. The van der Waals surface area contributed by atoms with E-state index in [-0.39, 0.29) is 5.97 Å². The van der Waals surface area contributed by atoms with E-state index in [0.29, 0.717) is 6.61 Å². The molecule has 0 aliphatic heterocycles. The van der Waals surface area contributed by atoms with Gasteiger partial charge in [-0.25, -0.2) is 4.79 Å². The lowest BCUT2D eigenvalue weighted by molar-refractivity contribution is -0.137. The van der Waals surface area contributed by atoms with Gasteiger partial charge in [-0.2, -0.15) is 0 Å². The maximum atomic E-state index is 10.9. The third kappa shape index (κ3) is 7.32. The lowest BCUT2D eigenvalue weighted by atomic mass is 10.3. The van der Waals surface area contributed by atoms with Gasteiger partial charge in [-0.3, -0.25) is 0 Å². The zero-order chi connectivity index (χ0) is 9.23. The van der Waals surface area contributed by atoms with Gasteiger partial charge in [0, 0.05) is 6.08 Å². The summed E-state index contributed by atoms with van der Waals surface area (Å²) in [4.78, 5) is 10.9. The number of esters is 1. The summed E-state index contributed by atoms with van der Waals surface area (Å²) in [5.41, 5.74) is 0. The summed E-state index contributed by atoms with van der Waals surface area (Å²) in [6, 6.07) is 0. The molecule has 0 rings (SSSR count). The normalized spacial score (nSPS) is 10.5. The highest BCUT2D eigenvalue weighted by atomic mass is 16.5. The highest BCUT2D eigenvalue weighted by molar-refractivity contribution is 5.81. The first kappa shape index (κ1) is 11.2. The summed E-state index contributed by atoms with van der Waals surface area (Å²) in [7, 11) is 0. The second-order valence-electron chi connectivity index (χ2n) is 2.71. The standard InChI is InChI=1S/C10H18O2/c1-3-5-7-8-10(11)12-9-6-4-2/h7-8H,3-6,9H2,1-2H3/b8-7+. The maximum absolute atomic E-state index is 10.9. The van der Waals surface area contributed by atoms with Crippen LogP contribution < -0.4 is 0 Å². The predicted octanol–water partition coefficient (Wildman–Crippen LogP) is 2.69. The first-order valence-corrected chi connectivity index (χ1v) is 4.64. The summed E-state index contributed by atoms with van der Waals surface area (Å²) < 4.78 is 4.90. The fourth-order valence-electron chi connectivity index (χ4n) is 0.711. The van der Waals surface area contributed by atoms with E-state index in [1.807, 2.05) is 6.08 Å². The minimum absolute atomic E-state index is 0.211. The zero-order valence-corrected chi connectivity index (χ0v) is 8.01. The van der Waals surface area contributed by atoms with Crippen LogP contribution in [0.4, 0.5) is 0 Å². The molecule has 0 saturated heterocycles. The van der Waals surface area contributed by atoms with E-state index in [1.54, 1.807) is 0 Å². The van der Waals surface area contributed by atoms with Crippen molar-refractivity contribution < 1.29 is 9.53 Å². The van der Waals surface area contributed by atoms with Gasteiger partial charge in [-0.05, 0) is 12.8 Å². The number of unbranched alkanes of at least 4 members (excludes halogenated alkanes) is 2. The Kier molecular flexibility index (Phi) is 7.76. The highest BCUT2D eigenvalue weighted by Crippen LogP contribution is 1.92. The third-order valence-corrected chi connectivity index (χ3v) is 1.45. The van der Waals surface area contributed by atoms with Crippen LogP contribution in [0.3, 0.4) is 0 Å². The van der Waals surface area contributed by atoms with Crippen molar-refractivity contribution in [1.29, 1.82) is 0 Å². The number of carbonyl (C=O) groups excluding carboxylic acids is 1. The Hall–Kier alpha value is -0.790. The van der Waals surface area contributed by atoms with Crippen molar-refractivity contribution >= 4 is 5.97 Å². The fourth-order valence-corrected chi connectivity index (χ4v) is 0.711. The van der Waals surface area contributed by atoms with Crippen LogP contribution in [-0.2, 0) is 9.53 Å². The quantitative estimate of drug-likeness (QED) is 0.348. The van der Waals surface area contributed by atoms with Crippen molar-refractivity contribution in [3.05, 3.63) is 12.2 Å². The van der Waals surface area contributed by atoms with Gasteiger partial charge in [0.1, 0.15) is 0 Å². The second kappa shape index (κ2) is 8.31. The molecule has 70 valence electrons. The molecule has 0 aromatic rings. The van der Waals surface area contributed by atoms with Crippen LogP contribution in [0.2, 0.25) is 0 Å². The molecular weight excluding hydrogens is 152 g/mol. The molecule has 0 aliphatic rings. The van der Waals surface area contributed by atoms with Crippen LogP contribution in [0.15, 0.2) is 12.2 Å². The van der Waals surface area contributed by atoms with E-state index in [0.717, 1.165) is 25.7 Å². The Morgan fingerprint density at radius 2 is 2.08 bits per heavy atom. The summed E-state index contributed by atoms with van der Waals surface area (Å²) in [5.74, 6) is -0.211. The zero-order valence-electron chi connectivity index (χ0n) is 8.01. The summed E-state index contributed by atoms with van der Waals surface area (Å²) in [6.45, 7) is 4.69. The van der Waals surface area contributed by atoms with Crippen LogP contribution in [0, 0.1) is 0 Å². The van der Waals surface area contributed by atoms with Crippen molar-refractivity contribution in [3.8, 4) is 0 Å². The summed E-state index contributed by atoms with van der Waals surface area (Å²) >= 11 is 0. The molecule has 2 heteroatoms. The van der Waals surface area contributed by atoms with Gasteiger partial charge in [-0.15, -0.1) is 0 Å². The number of hydrogen-bond donors (Lipinski definition) is 0. The molecule has 0 spiro atoms. The van der Waals surface area contributed by atoms with Gasteiger partial charge < -0.3 is 4.74 Å². The Labute approximate surface area is 74.6 Å². The van der Waals surface area contributed by atoms with Gasteiger partial charge in [-0.1, -0.05) is 32.8 Å². The van der Waals surface area contributed by atoms with Gasteiger partial charge in [0.2, 0.25) is 0 Å². The molecule has 0 atom stereocenters. The predicted molar refractivity (Wildman–Crippen MR) is 49.9 cm³/mol. The Morgan fingerprint density at radius 1 is 1.33 bits per heavy atom. The molecule has 0 aromatic heterocycles. The van der Waals surface area contributed by atoms with Crippen molar-refractivity contribution in [1.82, 2.24) is 0 Å². The van der Waals surface area contributed by atoms with Gasteiger partial charge in [0.05, 0.1) is 6.61 Å². The van der Waals surface area contributed by atoms with Gasteiger partial charge in [0.25, 0.3) is 0 Å². The molecular formula is C10H18O2. The number of rotatable bonds is 6. The second-order valence-corrected chi connectivity index (χ2v) is 2.71. The Morgan fingerprint density at radius 3 is 2.67 bits per heavy atom. The van der Waals surface area contributed by atoms with E-state index in [9.17, 15) is 4.79 Å². The van der Waals surface area contributed by atoms with Crippen LogP contribution in [0.5, 0.6) is 0 Å². The number of ether oxygens (including phenoxy) is 1. The Bertz CT molecular complexity index is 139. The van der Waals surface area contributed by atoms with Crippen LogP contribution >= 0.6 is 0 Å². The molecule has 0 heterocycles. The summed E-state index contributed by atoms with van der Waals surface area (Å²) in [5, 5.41) is 0. The van der Waals surface area contributed by atoms with Crippen molar-refractivity contribution in [2.24, 2.45) is 0 Å². The van der Waals surface area contributed by atoms with Crippen molar-refractivity contribution in [3.63, 3.8) is 0 Å². The monoisotopic (exact) mass is 170 g/mol. The largest absolute Gasteiger partial charge is 0.463 e. The van der Waals surface area contributed by atoms with Gasteiger partial charge in [0.15, 0.2) is 0 Å². The number of allylic oxidation sites excluding steroid dienone is 1. The summed E-state index contributed by atoms with van der Waals surface area (Å²) in [6.07, 6.45) is 7.40.